The molecule has 4 nitrogen and oxygen atoms in total. The average molecular weight is 353 g/mol. The van der Waals surface area contributed by atoms with Crippen LogP contribution in [-0.4, -0.2) is 25.6 Å². The number of benzene rings is 2. The van der Waals surface area contributed by atoms with E-state index in [2.05, 4.69) is 10.6 Å². The fourth-order valence-corrected chi connectivity index (χ4v) is 2.16. The molecule has 0 radical (unpaired) electrons. The summed E-state index contributed by atoms with van der Waals surface area (Å²) in [5.41, 5.74) is 1.07. The van der Waals surface area contributed by atoms with Gasteiger partial charge in [0.25, 0.3) is 5.91 Å². The van der Waals surface area contributed by atoms with Gasteiger partial charge in [-0.2, -0.15) is 0 Å². The topological polar surface area (TPSA) is 50.4 Å². The van der Waals surface area contributed by atoms with E-state index in [-0.39, 0.29) is 12.5 Å². The van der Waals surface area contributed by atoms with Crippen LogP contribution in [0, 0.1) is 0 Å². The number of carbonyl (C=O) groups excluding carboxylic acids is 1. The maximum Gasteiger partial charge on any atom is 0.257 e. The number of carbonyl (C=O) groups is 1. The van der Waals surface area contributed by atoms with Crippen LogP contribution in [0.3, 0.4) is 0 Å². The van der Waals surface area contributed by atoms with Crippen LogP contribution in [0.15, 0.2) is 48.5 Å². The minimum atomic E-state index is -0.171. The molecule has 0 atom stereocenters. The molecule has 0 aliphatic carbocycles. The second-order valence-corrected chi connectivity index (χ2v) is 5.68. The molecule has 23 heavy (non-hydrogen) atoms. The molecule has 1 amide bonds. The lowest BCUT2D eigenvalue weighted by molar-refractivity contribution is -0.123. The second-order valence-electron chi connectivity index (χ2n) is 4.86. The van der Waals surface area contributed by atoms with Crippen molar-refractivity contribution in [3.05, 3.63) is 58.6 Å². The van der Waals surface area contributed by atoms with E-state index in [4.69, 9.17) is 27.9 Å². The molecule has 0 aliphatic heterocycles. The summed E-state index contributed by atoms with van der Waals surface area (Å²) >= 11 is 11.7. The standard InChI is InChI=1S/C17H18Cl2N2O2/c18-15-8-7-14(11-16(15)19)23-12-17(22)21-10-4-9-20-13-5-2-1-3-6-13/h1-3,5-8,11,20H,4,9-10,12H2,(H,21,22). The lowest BCUT2D eigenvalue weighted by atomic mass is 10.3. The average Bonchev–Trinajstić information content (AvgIpc) is 2.56. The van der Waals surface area contributed by atoms with Gasteiger partial charge < -0.3 is 15.4 Å². The lowest BCUT2D eigenvalue weighted by Crippen LogP contribution is -2.30. The van der Waals surface area contributed by atoms with Gasteiger partial charge >= 0.3 is 0 Å². The first kappa shape index (κ1) is 17.4. The Morgan fingerprint density at radius 2 is 1.78 bits per heavy atom. The van der Waals surface area contributed by atoms with Crippen molar-refractivity contribution < 1.29 is 9.53 Å². The van der Waals surface area contributed by atoms with Gasteiger partial charge in [-0.15, -0.1) is 0 Å². The Hall–Kier alpha value is -1.91. The van der Waals surface area contributed by atoms with E-state index in [1.54, 1.807) is 18.2 Å². The Labute approximate surface area is 145 Å². The van der Waals surface area contributed by atoms with E-state index in [0.29, 0.717) is 22.3 Å². The van der Waals surface area contributed by atoms with E-state index in [9.17, 15) is 4.79 Å². The van der Waals surface area contributed by atoms with Gasteiger partial charge in [-0.05, 0) is 30.7 Å². The molecule has 0 fully saturated rings. The Kier molecular flexibility index (Phi) is 7.04. The largest absolute Gasteiger partial charge is 0.484 e. The fourth-order valence-electron chi connectivity index (χ4n) is 1.87. The number of hydrogen-bond donors (Lipinski definition) is 2. The number of ether oxygens (including phenoxy) is 1. The van der Waals surface area contributed by atoms with Crippen molar-refractivity contribution in [3.63, 3.8) is 0 Å². The Bertz CT molecular complexity index is 636. The molecule has 2 N–H and O–H groups in total. The first-order chi connectivity index (χ1) is 11.1. The summed E-state index contributed by atoms with van der Waals surface area (Å²) in [6.45, 7) is 1.32. The van der Waals surface area contributed by atoms with Gasteiger partial charge in [0.15, 0.2) is 6.61 Å². The number of rotatable bonds is 8. The predicted molar refractivity (Wildman–Crippen MR) is 94.5 cm³/mol. The maximum atomic E-state index is 11.7. The van der Waals surface area contributed by atoms with Gasteiger partial charge in [0.1, 0.15) is 5.75 Å². The summed E-state index contributed by atoms with van der Waals surface area (Å²) in [4.78, 5) is 11.7. The molecule has 0 bridgehead atoms. The van der Waals surface area contributed by atoms with E-state index >= 15 is 0 Å². The van der Waals surface area contributed by atoms with Gasteiger partial charge in [0.05, 0.1) is 10.0 Å². The zero-order chi connectivity index (χ0) is 16.5. The van der Waals surface area contributed by atoms with Crippen molar-refractivity contribution in [1.82, 2.24) is 5.32 Å². The fraction of sp³-hybridized carbons (Fsp3) is 0.235. The van der Waals surface area contributed by atoms with Crippen LogP contribution in [0.4, 0.5) is 5.69 Å². The molecular weight excluding hydrogens is 335 g/mol. The molecule has 0 unspecified atom stereocenters. The molecule has 2 aromatic rings. The second kappa shape index (κ2) is 9.28. The minimum absolute atomic E-state index is 0.0515. The van der Waals surface area contributed by atoms with Crippen molar-refractivity contribution in [2.24, 2.45) is 0 Å². The first-order valence-corrected chi connectivity index (χ1v) is 8.04. The summed E-state index contributed by atoms with van der Waals surface area (Å²) in [6, 6.07) is 14.8. The molecule has 0 spiro atoms. The molecule has 0 saturated heterocycles. The lowest BCUT2D eigenvalue weighted by Gasteiger charge is -2.09. The molecule has 0 saturated carbocycles. The number of nitrogens with one attached hydrogen (secondary N) is 2. The minimum Gasteiger partial charge on any atom is -0.484 e. The summed E-state index contributed by atoms with van der Waals surface area (Å²) in [7, 11) is 0. The third-order valence-electron chi connectivity index (χ3n) is 3.04. The SMILES string of the molecule is O=C(COc1ccc(Cl)c(Cl)c1)NCCCNc1ccccc1. The van der Waals surface area contributed by atoms with E-state index in [0.717, 1.165) is 18.7 Å². The quantitative estimate of drug-likeness (QED) is 0.706. The normalized spacial score (nSPS) is 10.2. The number of hydrogen-bond acceptors (Lipinski definition) is 3. The number of anilines is 1. The summed E-state index contributed by atoms with van der Waals surface area (Å²) in [5, 5.41) is 6.93. The molecule has 2 rings (SSSR count). The zero-order valence-corrected chi connectivity index (χ0v) is 14.0. The molecule has 122 valence electrons. The molecule has 0 aromatic heterocycles. The smallest absolute Gasteiger partial charge is 0.257 e. The highest BCUT2D eigenvalue weighted by molar-refractivity contribution is 6.42. The third kappa shape index (κ3) is 6.38. The molecule has 0 heterocycles. The molecule has 0 aliphatic rings. The van der Waals surface area contributed by atoms with Crippen molar-refractivity contribution >= 4 is 34.8 Å². The molecule has 2 aromatic carbocycles. The highest BCUT2D eigenvalue weighted by Gasteiger charge is 2.04. The van der Waals surface area contributed by atoms with Gasteiger partial charge in [0.2, 0.25) is 0 Å². The Balaban J connectivity index is 1.59. The summed E-state index contributed by atoms with van der Waals surface area (Å²) in [6.07, 6.45) is 0.827. The molecule has 6 heteroatoms. The van der Waals surface area contributed by atoms with Crippen LogP contribution < -0.4 is 15.4 Å². The van der Waals surface area contributed by atoms with Gasteiger partial charge in [0, 0.05) is 24.8 Å². The van der Waals surface area contributed by atoms with Crippen LogP contribution >= 0.6 is 23.2 Å². The monoisotopic (exact) mass is 352 g/mol. The Morgan fingerprint density at radius 3 is 2.52 bits per heavy atom. The van der Waals surface area contributed by atoms with Crippen LogP contribution in [0.2, 0.25) is 10.0 Å². The van der Waals surface area contributed by atoms with Crippen LogP contribution in [0.5, 0.6) is 5.75 Å². The van der Waals surface area contributed by atoms with E-state index in [1.807, 2.05) is 30.3 Å². The van der Waals surface area contributed by atoms with Crippen LogP contribution in [0.25, 0.3) is 0 Å². The zero-order valence-electron chi connectivity index (χ0n) is 12.5. The van der Waals surface area contributed by atoms with Gasteiger partial charge in [-0.3, -0.25) is 4.79 Å². The van der Waals surface area contributed by atoms with E-state index < -0.39 is 0 Å². The van der Waals surface area contributed by atoms with Gasteiger partial charge in [-0.25, -0.2) is 0 Å². The highest BCUT2D eigenvalue weighted by atomic mass is 35.5. The number of para-hydroxylation sites is 1. The van der Waals surface area contributed by atoms with Crippen molar-refractivity contribution in [2.75, 3.05) is 25.0 Å². The van der Waals surface area contributed by atoms with Crippen molar-refractivity contribution in [2.45, 2.75) is 6.42 Å². The highest BCUT2D eigenvalue weighted by Crippen LogP contribution is 2.26. The Morgan fingerprint density at radius 1 is 1.00 bits per heavy atom. The van der Waals surface area contributed by atoms with Crippen LogP contribution in [-0.2, 0) is 4.79 Å². The first-order valence-electron chi connectivity index (χ1n) is 7.28. The van der Waals surface area contributed by atoms with Gasteiger partial charge in [-0.1, -0.05) is 41.4 Å². The van der Waals surface area contributed by atoms with Crippen molar-refractivity contribution in [1.29, 1.82) is 0 Å². The number of amides is 1. The molecular formula is C17H18Cl2N2O2. The summed E-state index contributed by atoms with van der Waals surface area (Å²) in [5.74, 6) is 0.344. The summed E-state index contributed by atoms with van der Waals surface area (Å²) < 4.78 is 5.36. The third-order valence-corrected chi connectivity index (χ3v) is 3.78. The predicted octanol–water partition coefficient (Wildman–Crippen LogP) is 3.99. The van der Waals surface area contributed by atoms with E-state index in [1.165, 1.54) is 0 Å². The number of halogens is 2. The van der Waals surface area contributed by atoms with Crippen molar-refractivity contribution in [3.8, 4) is 5.75 Å². The maximum absolute atomic E-state index is 11.7. The van der Waals surface area contributed by atoms with Crippen LogP contribution in [0.1, 0.15) is 6.42 Å².